The Labute approximate surface area is 433 Å². The minimum Gasteiger partial charge on any atom is -0.459 e. The molecule has 1 fully saturated rings. The van der Waals surface area contributed by atoms with E-state index in [0.717, 1.165) is 72.8 Å². The lowest BCUT2D eigenvalue weighted by Gasteiger charge is -2.59. The summed E-state index contributed by atoms with van der Waals surface area (Å²) in [6, 6.07) is 29.4. The van der Waals surface area contributed by atoms with Crippen LogP contribution in [0.4, 0.5) is 4.79 Å². The highest BCUT2D eigenvalue weighted by molar-refractivity contribution is 6.03. The van der Waals surface area contributed by atoms with E-state index in [1.165, 1.54) is 44.9 Å². The van der Waals surface area contributed by atoms with E-state index < -0.39 is 23.8 Å². The molecule has 2 N–H and O–H groups in total. The maximum absolute atomic E-state index is 15.1. The fourth-order valence-electron chi connectivity index (χ4n) is 11.7. The van der Waals surface area contributed by atoms with E-state index in [9.17, 15) is 10.2 Å². The number of fused-ring (bicyclic) bond motifs is 3. The minimum atomic E-state index is -1.46. The Morgan fingerprint density at radius 1 is 0.781 bits per heavy atom. The van der Waals surface area contributed by atoms with E-state index in [1.807, 2.05) is 60.7 Å². The summed E-state index contributed by atoms with van der Waals surface area (Å²) in [7, 11) is 1.56. The number of carbonyl (C=O) groups excluding carboxylic acids is 1. The number of hydrogen-bond acceptors (Lipinski definition) is 11. The molecular formula is C61H78N2O10. The highest BCUT2D eigenvalue weighted by Crippen LogP contribution is 2.62. The Hall–Kier alpha value is -5.82. The number of aliphatic hydroxyl groups is 2. The number of benzene rings is 4. The molecule has 2 heterocycles. The Morgan fingerprint density at radius 3 is 2.19 bits per heavy atom. The molecule has 4 aliphatic rings. The smallest absolute Gasteiger partial charge is 0.410 e. The fourth-order valence-corrected chi connectivity index (χ4v) is 11.7. The summed E-state index contributed by atoms with van der Waals surface area (Å²) in [5.74, 6) is 1.21. The van der Waals surface area contributed by atoms with Crippen molar-refractivity contribution in [1.82, 2.24) is 4.90 Å². The van der Waals surface area contributed by atoms with Crippen molar-refractivity contribution < 1.29 is 48.3 Å². The van der Waals surface area contributed by atoms with Crippen LogP contribution < -0.4 is 18.9 Å². The van der Waals surface area contributed by atoms with Gasteiger partial charge in [-0.05, 0) is 109 Å². The van der Waals surface area contributed by atoms with E-state index in [0.29, 0.717) is 47.3 Å². The normalized spacial score (nSPS) is 21.9. The molecule has 0 spiro atoms. The number of oxime groups is 1. The van der Waals surface area contributed by atoms with Crippen LogP contribution in [-0.2, 0) is 20.9 Å². The summed E-state index contributed by atoms with van der Waals surface area (Å²) in [5, 5.41) is 24.9. The van der Waals surface area contributed by atoms with Crippen LogP contribution in [-0.4, -0.2) is 79.1 Å². The molecular weight excluding hydrogens is 921 g/mol. The maximum atomic E-state index is 15.1. The van der Waals surface area contributed by atoms with Gasteiger partial charge in [0.2, 0.25) is 12.6 Å². The van der Waals surface area contributed by atoms with Crippen LogP contribution in [0.25, 0.3) is 11.1 Å². The molecule has 0 radical (unpaired) electrons. The average Bonchev–Trinajstić information content (AvgIpc) is 3.89. The van der Waals surface area contributed by atoms with Crippen molar-refractivity contribution in [2.24, 2.45) is 22.9 Å². The molecule has 4 aromatic rings. The third kappa shape index (κ3) is 13.1. The van der Waals surface area contributed by atoms with Crippen molar-refractivity contribution in [3.05, 3.63) is 126 Å². The van der Waals surface area contributed by atoms with Crippen molar-refractivity contribution in [2.75, 3.05) is 40.3 Å². The van der Waals surface area contributed by atoms with Crippen LogP contribution in [0, 0.1) is 17.8 Å². The van der Waals surface area contributed by atoms with E-state index in [2.05, 4.69) is 49.9 Å². The Morgan fingerprint density at radius 2 is 1.47 bits per heavy atom. The molecule has 8 rings (SSSR count). The van der Waals surface area contributed by atoms with Crippen LogP contribution in [0.2, 0.25) is 0 Å². The molecule has 1 amide bonds. The van der Waals surface area contributed by atoms with Gasteiger partial charge in [0, 0.05) is 37.7 Å². The van der Waals surface area contributed by atoms with Crippen LogP contribution in [0.1, 0.15) is 133 Å². The standard InChI is InChI=1S/C61H78N2O10/c1-4-6-7-8-9-10-11-12-13-21-37-68-60(66)63(42-44-26-32-55-56(38-44)70-43-69-55)57-41-53(62-67-3)51-39-47(24-17-19-34-64)50(25-18-20-35-65)58-52-40-49(31-33-54(52)73-61(57,59(51)58)71-36-5-2)72-48-29-27-46(28-30-48)45-22-15-14-16-23-45/h5,14-16,22-23,26-33,38-40,47,50,57-59,64-65H,2,4,6-13,17-21,24-25,34-37,41-43H2,1,3H3. The van der Waals surface area contributed by atoms with Gasteiger partial charge in [-0.2, -0.15) is 0 Å². The summed E-state index contributed by atoms with van der Waals surface area (Å²) in [6.45, 7) is 7.25. The Kier molecular flexibility index (Phi) is 19.7. The molecule has 0 saturated heterocycles. The van der Waals surface area contributed by atoms with Gasteiger partial charge in [0.15, 0.2) is 11.5 Å². The van der Waals surface area contributed by atoms with Crippen LogP contribution >= 0.6 is 0 Å². The van der Waals surface area contributed by atoms with Crippen LogP contribution in [0.3, 0.4) is 0 Å². The first-order valence-corrected chi connectivity index (χ1v) is 27.2. The molecule has 12 heteroatoms. The second-order valence-electron chi connectivity index (χ2n) is 20.1. The first kappa shape index (κ1) is 53.5. The molecule has 6 atom stereocenters. The number of hydrogen-bond donors (Lipinski definition) is 2. The average molecular weight is 999 g/mol. The summed E-state index contributed by atoms with van der Waals surface area (Å²) >= 11 is 0. The molecule has 2 aliphatic carbocycles. The largest absolute Gasteiger partial charge is 0.459 e. The summed E-state index contributed by atoms with van der Waals surface area (Å²) in [4.78, 5) is 22.6. The van der Waals surface area contributed by atoms with Crippen LogP contribution in [0.15, 0.2) is 120 Å². The van der Waals surface area contributed by atoms with Crippen molar-refractivity contribution in [1.29, 1.82) is 0 Å². The Balaban J connectivity index is 1.19. The zero-order chi connectivity index (χ0) is 50.8. The molecule has 1 saturated carbocycles. The number of aliphatic hydroxyl groups excluding tert-OH is 2. The molecule has 73 heavy (non-hydrogen) atoms. The summed E-state index contributed by atoms with van der Waals surface area (Å²) in [5.41, 5.74) is 5.68. The molecule has 0 aromatic heterocycles. The minimum absolute atomic E-state index is 0.0434. The van der Waals surface area contributed by atoms with E-state index in [4.69, 9.17) is 38.4 Å². The monoisotopic (exact) mass is 999 g/mol. The van der Waals surface area contributed by atoms with Gasteiger partial charge >= 0.3 is 6.09 Å². The topological polar surface area (TPSA) is 138 Å². The van der Waals surface area contributed by atoms with E-state index in [-0.39, 0.29) is 63.9 Å². The zero-order valence-corrected chi connectivity index (χ0v) is 43.2. The van der Waals surface area contributed by atoms with Gasteiger partial charge in [0.1, 0.15) is 30.4 Å². The highest BCUT2D eigenvalue weighted by atomic mass is 16.7. The number of amides is 1. The number of carbonyl (C=O) groups is 1. The van der Waals surface area contributed by atoms with Gasteiger partial charge in [-0.3, -0.25) is 4.90 Å². The Bertz CT molecular complexity index is 2440. The van der Waals surface area contributed by atoms with Gasteiger partial charge in [-0.15, -0.1) is 6.58 Å². The maximum Gasteiger partial charge on any atom is 0.410 e. The zero-order valence-electron chi connectivity index (χ0n) is 43.2. The lowest BCUT2D eigenvalue weighted by molar-refractivity contribution is -0.256. The number of ether oxygens (including phenoxy) is 6. The van der Waals surface area contributed by atoms with Crippen molar-refractivity contribution in [3.63, 3.8) is 0 Å². The number of unbranched alkanes of at least 4 members (excludes halogenated alkanes) is 11. The SMILES string of the molecule is C=CCOC12Oc3ccc(Oc4ccc(-c5ccccc5)cc4)cc3C3C(CCCCO)C(CCCCO)C=C(C(=NOC)CC1N(Cc1ccc4c(c1)OCO4)C(=O)OCCCCCCCCCCCC)C32. The summed E-state index contributed by atoms with van der Waals surface area (Å²) in [6.07, 6.45) is 20.1. The van der Waals surface area contributed by atoms with Gasteiger partial charge in [-0.25, -0.2) is 4.79 Å². The first-order valence-electron chi connectivity index (χ1n) is 27.2. The first-order chi connectivity index (χ1) is 35.9. The third-order valence-corrected chi connectivity index (χ3v) is 15.2. The molecule has 0 bridgehead atoms. The number of nitrogens with zero attached hydrogens (tertiary/aromatic N) is 2. The molecule has 12 nitrogen and oxygen atoms in total. The fraction of sp³-hybridized carbons (Fsp3) is 0.508. The molecule has 4 aromatic carbocycles. The van der Waals surface area contributed by atoms with Gasteiger partial charge in [0.05, 0.1) is 24.8 Å². The van der Waals surface area contributed by atoms with Crippen LogP contribution in [0.5, 0.6) is 28.7 Å². The van der Waals surface area contributed by atoms with E-state index >= 15 is 4.79 Å². The third-order valence-electron chi connectivity index (χ3n) is 15.2. The lowest BCUT2D eigenvalue weighted by atomic mass is 9.55. The molecule has 6 unspecified atom stereocenters. The predicted molar refractivity (Wildman–Crippen MR) is 285 cm³/mol. The number of rotatable bonds is 29. The summed E-state index contributed by atoms with van der Waals surface area (Å²) < 4.78 is 39.2. The molecule has 2 aliphatic heterocycles. The van der Waals surface area contributed by atoms with Gasteiger partial charge < -0.3 is 43.5 Å². The lowest BCUT2D eigenvalue weighted by Crippen LogP contribution is -2.70. The second-order valence-corrected chi connectivity index (χ2v) is 20.1. The van der Waals surface area contributed by atoms with Gasteiger partial charge in [-0.1, -0.05) is 143 Å². The second kappa shape index (κ2) is 26.9. The molecule has 392 valence electrons. The van der Waals surface area contributed by atoms with Crippen molar-refractivity contribution in [3.8, 4) is 39.9 Å². The van der Waals surface area contributed by atoms with Crippen molar-refractivity contribution in [2.45, 2.75) is 140 Å². The quantitative estimate of drug-likeness (QED) is 0.0307. The number of allylic oxidation sites excluding steroid dienone is 1. The van der Waals surface area contributed by atoms with E-state index in [1.54, 1.807) is 18.1 Å². The van der Waals surface area contributed by atoms with Crippen molar-refractivity contribution >= 4 is 11.8 Å². The predicted octanol–water partition coefficient (Wildman–Crippen LogP) is 13.7. The highest BCUT2D eigenvalue weighted by Gasteiger charge is 2.65. The van der Waals surface area contributed by atoms with Gasteiger partial charge in [0.25, 0.3) is 0 Å².